The third-order valence-electron chi connectivity index (χ3n) is 6.29. The third kappa shape index (κ3) is 4.61. The molecular formula is C25H36N2O3. The van der Waals surface area contributed by atoms with Crippen LogP contribution in [-0.4, -0.2) is 52.8 Å². The summed E-state index contributed by atoms with van der Waals surface area (Å²) in [5.74, 6) is -1.25. The van der Waals surface area contributed by atoms with E-state index in [0.29, 0.717) is 6.54 Å². The van der Waals surface area contributed by atoms with E-state index in [-0.39, 0.29) is 28.4 Å². The van der Waals surface area contributed by atoms with Crippen molar-refractivity contribution in [2.24, 2.45) is 5.92 Å². The lowest BCUT2D eigenvalue weighted by atomic mass is 9.85. The molecule has 3 rings (SSSR count). The fraction of sp³-hybridized carbons (Fsp3) is 0.600. The molecule has 1 aromatic carbocycles. The van der Waals surface area contributed by atoms with E-state index in [1.54, 1.807) is 4.90 Å². The van der Waals surface area contributed by atoms with Crippen molar-refractivity contribution >= 4 is 11.7 Å². The number of nitrogens with zero attached hydrogens (tertiary/aromatic N) is 2. The lowest BCUT2D eigenvalue weighted by Crippen LogP contribution is -2.40. The molecule has 1 unspecified atom stereocenters. The molecule has 1 atom stereocenters. The minimum atomic E-state index is -0.522. The van der Waals surface area contributed by atoms with Gasteiger partial charge in [-0.15, -0.1) is 0 Å². The molecule has 2 heterocycles. The molecule has 1 aromatic rings. The molecule has 1 amide bonds. The van der Waals surface area contributed by atoms with Gasteiger partial charge in [0.1, 0.15) is 0 Å². The topological polar surface area (TPSA) is 60.9 Å². The summed E-state index contributed by atoms with van der Waals surface area (Å²) in [6, 6.07) is 7.61. The van der Waals surface area contributed by atoms with Crippen LogP contribution in [-0.2, 0) is 15.0 Å². The second-order valence-electron chi connectivity index (χ2n) is 9.96. The quantitative estimate of drug-likeness (QED) is 0.753. The zero-order chi connectivity index (χ0) is 22.1. The number of carbonyl (C=O) groups excluding carboxylic acids is 2. The molecule has 1 N–H and O–H groups in total. The van der Waals surface area contributed by atoms with Gasteiger partial charge in [-0.3, -0.25) is 9.59 Å². The van der Waals surface area contributed by atoms with E-state index in [4.69, 9.17) is 0 Å². The maximum atomic E-state index is 13.0. The smallest absolute Gasteiger partial charge is 0.290 e. The molecule has 0 bridgehead atoms. The number of ketones is 1. The highest BCUT2D eigenvalue weighted by Crippen LogP contribution is 2.39. The molecule has 30 heavy (non-hydrogen) atoms. The van der Waals surface area contributed by atoms with Gasteiger partial charge in [-0.1, -0.05) is 65.3 Å². The minimum Gasteiger partial charge on any atom is -0.503 e. The first-order chi connectivity index (χ1) is 14.1. The maximum Gasteiger partial charge on any atom is 0.290 e. The predicted octanol–water partition coefficient (Wildman–Crippen LogP) is 4.39. The number of Topliss-reactive ketones (excluding diaryl/α,β-unsaturated/α-hetero) is 1. The van der Waals surface area contributed by atoms with Crippen molar-refractivity contribution in [3.05, 3.63) is 46.7 Å². The largest absolute Gasteiger partial charge is 0.503 e. The highest BCUT2D eigenvalue weighted by atomic mass is 16.3. The number of hydrogen-bond acceptors (Lipinski definition) is 4. The Morgan fingerprint density at radius 2 is 1.67 bits per heavy atom. The second kappa shape index (κ2) is 8.93. The van der Waals surface area contributed by atoms with Gasteiger partial charge in [0.15, 0.2) is 11.5 Å². The third-order valence-corrected chi connectivity index (χ3v) is 6.29. The summed E-state index contributed by atoms with van der Waals surface area (Å²) in [4.78, 5) is 30.0. The molecule has 164 valence electrons. The molecule has 5 heteroatoms. The van der Waals surface area contributed by atoms with E-state index in [0.717, 1.165) is 25.2 Å². The number of rotatable bonds is 6. The lowest BCUT2D eigenvalue weighted by Gasteiger charge is -2.32. The summed E-state index contributed by atoms with van der Waals surface area (Å²) >= 11 is 0. The predicted molar refractivity (Wildman–Crippen MR) is 119 cm³/mol. The van der Waals surface area contributed by atoms with E-state index in [2.05, 4.69) is 37.8 Å². The Bertz CT molecular complexity index is 812. The molecule has 0 saturated carbocycles. The standard InChI is InChI=1S/C25H36N2O3/c1-17(2)22(28)20-21(18-9-11-19(12-10-18)25(3,4)5)27(24(30)23(20)29)16-15-26-13-7-6-8-14-26/h9-12,17,21,29H,6-8,13-16H2,1-5H3. The number of carbonyl (C=O) groups is 2. The van der Waals surface area contributed by atoms with E-state index < -0.39 is 11.9 Å². The van der Waals surface area contributed by atoms with E-state index >= 15 is 0 Å². The number of amides is 1. The Balaban J connectivity index is 1.92. The molecule has 5 nitrogen and oxygen atoms in total. The Labute approximate surface area is 180 Å². The molecule has 2 aliphatic heterocycles. The minimum absolute atomic E-state index is 0.0204. The average molecular weight is 413 g/mol. The Morgan fingerprint density at radius 1 is 1.07 bits per heavy atom. The molecular weight excluding hydrogens is 376 g/mol. The lowest BCUT2D eigenvalue weighted by molar-refractivity contribution is -0.129. The van der Waals surface area contributed by atoms with Gasteiger partial charge >= 0.3 is 0 Å². The van der Waals surface area contributed by atoms with E-state index in [9.17, 15) is 14.7 Å². The highest BCUT2D eigenvalue weighted by Gasteiger charge is 2.43. The Hall–Kier alpha value is -2.14. The van der Waals surface area contributed by atoms with Gasteiger partial charge < -0.3 is 14.9 Å². The fourth-order valence-electron chi connectivity index (χ4n) is 4.39. The van der Waals surface area contributed by atoms with Crippen LogP contribution in [0.5, 0.6) is 0 Å². The molecule has 1 fully saturated rings. The Kier molecular flexibility index (Phi) is 6.71. The van der Waals surface area contributed by atoms with Crippen LogP contribution in [0.2, 0.25) is 0 Å². The second-order valence-corrected chi connectivity index (χ2v) is 9.96. The maximum absolute atomic E-state index is 13.0. The van der Waals surface area contributed by atoms with Crippen molar-refractivity contribution in [1.29, 1.82) is 0 Å². The zero-order valence-corrected chi connectivity index (χ0v) is 19.1. The monoisotopic (exact) mass is 412 g/mol. The van der Waals surface area contributed by atoms with E-state index in [1.807, 2.05) is 26.0 Å². The van der Waals surface area contributed by atoms with Gasteiger partial charge in [-0.05, 0) is 42.5 Å². The average Bonchev–Trinajstić information content (AvgIpc) is 2.96. The summed E-state index contributed by atoms with van der Waals surface area (Å²) in [5.41, 5.74) is 2.34. The summed E-state index contributed by atoms with van der Waals surface area (Å²) < 4.78 is 0. The van der Waals surface area contributed by atoms with Crippen molar-refractivity contribution in [3.63, 3.8) is 0 Å². The highest BCUT2D eigenvalue weighted by molar-refractivity contribution is 6.09. The molecule has 0 radical (unpaired) electrons. The molecule has 0 aliphatic carbocycles. The van der Waals surface area contributed by atoms with Crippen LogP contribution in [0.15, 0.2) is 35.6 Å². The van der Waals surface area contributed by atoms with Gasteiger partial charge in [0.05, 0.1) is 11.6 Å². The number of piperidine rings is 1. The van der Waals surface area contributed by atoms with Gasteiger partial charge in [-0.2, -0.15) is 0 Å². The van der Waals surface area contributed by atoms with Gasteiger partial charge in [0.25, 0.3) is 5.91 Å². The number of hydrogen-bond donors (Lipinski definition) is 1. The van der Waals surface area contributed by atoms with Crippen LogP contribution in [0.25, 0.3) is 0 Å². The zero-order valence-electron chi connectivity index (χ0n) is 19.1. The van der Waals surface area contributed by atoms with Crippen molar-refractivity contribution in [2.75, 3.05) is 26.2 Å². The van der Waals surface area contributed by atoms with Gasteiger partial charge in [0.2, 0.25) is 0 Å². The van der Waals surface area contributed by atoms with Crippen LogP contribution >= 0.6 is 0 Å². The van der Waals surface area contributed by atoms with Crippen molar-refractivity contribution in [1.82, 2.24) is 9.80 Å². The molecule has 0 aromatic heterocycles. The van der Waals surface area contributed by atoms with Crippen molar-refractivity contribution < 1.29 is 14.7 Å². The Morgan fingerprint density at radius 3 is 2.20 bits per heavy atom. The van der Waals surface area contributed by atoms with Crippen LogP contribution < -0.4 is 0 Å². The number of benzene rings is 1. The van der Waals surface area contributed by atoms with Gasteiger partial charge in [-0.25, -0.2) is 0 Å². The first-order valence-electron chi connectivity index (χ1n) is 11.2. The van der Waals surface area contributed by atoms with E-state index in [1.165, 1.54) is 24.8 Å². The molecule has 0 spiro atoms. The van der Waals surface area contributed by atoms with Gasteiger partial charge in [0, 0.05) is 19.0 Å². The summed E-state index contributed by atoms with van der Waals surface area (Å²) in [6.45, 7) is 13.4. The van der Waals surface area contributed by atoms with Crippen molar-refractivity contribution in [2.45, 2.75) is 65.3 Å². The summed E-state index contributed by atoms with van der Waals surface area (Å²) in [7, 11) is 0. The van der Waals surface area contributed by atoms with Crippen molar-refractivity contribution in [3.8, 4) is 0 Å². The summed E-state index contributed by atoms with van der Waals surface area (Å²) in [5, 5.41) is 10.7. The first kappa shape index (κ1) is 22.5. The number of aliphatic hydroxyl groups excluding tert-OH is 1. The van der Waals surface area contributed by atoms with Crippen LogP contribution in [0.1, 0.15) is 71.0 Å². The van der Waals surface area contributed by atoms with Crippen LogP contribution in [0.3, 0.4) is 0 Å². The fourth-order valence-corrected chi connectivity index (χ4v) is 4.39. The number of aliphatic hydroxyl groups is 1. The molecule has 1 saturated heterocycles. The first-order valence-corrected chi connectivity index (χ1v) is 11.2. The van der Waals surface area contributed by atoms with Crippen LogP contribution in [0, 0.1) is 5.92 Å². The SMILES string of the molecule is CC(C)C(=O)C1=C(O)C(=O)N(CCN2CCCCC2)C1c1ccc(C(C)(C)C)cc1. The van der Waals surface area contributed by atoms with Crippen LogP contribution in [0.4, 0.5) is 0 Å². The normalized spacial score (nSPS) is 21.1. The number of likely N-dealkylation sites (tertiary alicyclic amines) is 1. The molecule has 2 aliphatic rings. The summed E-state index contributed by atoms with van der Waals surface area (Å²) in [6.07, 6.45) is 3.63.